The average Bonchev–Trinajstić information content (AvgIpc) is 3.19. The van der Waals surface area contributed by atoms with Crippen LogP contribution in [0, 0.1) is 0 Å². The minimum atomic E-state index is -0.343. The molecule has 248 valence electrons. The number of nitrogens with zero attached hydrogens (tertiary/aromatic N) is 2. The summed E-state index contributed by atoms with van der Waals surface area (Å²) in [5.41, 5.74) is 5.39. The number of hydrogen-bond acceptors (Lipinski definition) is 4. The first-order valence-electron chi connectivity index (χ1n) is 16.8. The molecule has 0 saturated heterocycles. The lowest BCUT2D eigenvalue weighted by atomic mass is 9.98. The topological polar surface area (TPSA) is 40.6 Å². The molecule has 2 atom stereocenters. The molecule has 0 amide bonds. The Balaban J connectivity index is 0.000000194. The maximum atomic E-state index is 13.2. The van der Waals surface area contributed by atoms with Crippen molar-refractivity contribution in [1.82, 2.24) is 0 Å². The summed E-state index contributed by atoms with van der Waals surface area (Å²) >= 11 is 0. The van der Waals surface area contributed by atoms with Crippen molar-refractivity contribution in [1.29, 1.82) is 0 Å². The van der Waals surface area contributed by atoms with Crippen LogP contribution in [0.15, 0.2) is 207 Å². The van der Waals surface area contributed by atoms with Crippen molar-refractivity contribution in [2.45, 2.75) is 24.9 Å². The van der Waals surface area contributed by atoms with Crippen LogP contribution in [0.4, 0.5) is 22.7 Å². The molecule has 0 aliphatic carbocycles. The van der Waals surface area contributed by atoms with Gasteiger partial charge in [-0.3, -0.25) is 9.59 Å². The minimum absolute atomic E-state index is 0.0909. The van der Waals surface area contributed by atoms with E-state index in [0.29, 0.717) is 24.0 Å². The zero-order valence-corrected chi connectivity index (χ0v) is 28.2. The van der Waals surface area contributed by atoms with Gasteiger partial charge in [0.2, 0.25) is 0 Å². The fraction of sp³-hybridized carbons (Fsp3) is 0.0870. The minimum Gasteiger partial charge on any atom is -0.330 e. The molecule has 0 heterocycles. The quantitative estimate of drug-likeness (QED) is 0.0866. The van der Waals surface area contributed by atoms with Gasteiger partial charge in [0.15, 0.2) is 11.6 Å². The molecule has 6 aromatic carbocycles. The van der Waals surface area contributed by atoms with E-state index >= 15 is 0 Å². The number of carbonyl (C=O) groups excluding carboxylic acids is 2. The summed E-state index contributed by atoms with van der Waals surface area (Å²) < 4.78 is 0. The van der Waals surface area contributed by atoms with Crippen LogP contribution in [-0.2, 0) is 0 Å². The summed E-state index contributed by atoms with van der Waals surface area (Å²) in [6.45, 7) is 7.73. The van der Waals surface area contributed by atoms with E-state index in [1.54, 1.807) is 0 Å². The average molecular weight is 655 g/mol. The number of carbonyl (C=O) groups is 2. The molecular weight excluding hydrogens is 613 g/mol. The Morgan fingerprint density at radius 3 is 0.840 bits per heavy atom. The van der Waals surface area contributed by atoms with E-state index in [1.165, 1.54) is 0 Å². The van der Waals surface area contributed by atoms with Crippen molar-refractivity contribution in [2.24, 2.45) is 0 Å². The number of anilines is 4. The molecule has 0 aliphatic rings. The number of para-hydroxylation sites is 4. The third-order valence-electron chi connectivity index (χ3n) is 8.26. The van der Waals surface area contributed by atoms with Gasteiger partial charge >= 0.3 is 0 Å². The molecule has 0 aliphatic heterocycles. The molecule has 0 N–H and O–H groups in total. The number of hydrogen-bond donors (Lipinski definition) is 0. The van der Waals surface area contributed by atoms with E-state index in [1.807, 2.05) is 194 Å². The normalized spacial score (nSPS) is 11.5. The summed E-state index contributed by atoms with van der Waals surface area (Å²) in [6.07, 6.45) is 4.75. The molecule has 0 saturated carbocycles. The molecule has 0 fully saturated rings. The van der Waals surface area contributed by atoms with Crippen molar-refractivity contribution in [3.8, 4) is 0 Å². The van der Waals surface area contributed by atoms with E-state index < -0.39 is 0 Å². The van der Waals surface area contributed by atoms with Gasteiger partial charge in [0, 0.05) is 33.9 Å². The Morgan fingerprint density at radius 2 is 0.620 bits per heavy atom. The fourth-order valence-electron chi connectivity index (χ4n) is 5.94. The van der Waals surface area contributed by atoms with Gasteiger partial charge in [-0.1, -0.05) is 146 Å². The van der Waals surface area contributed by atoms with Gasteiger partial charge in [0.1, 0.15) is 12.1 Å². The summed E-state index contributed by atoms with van der Waals surface area (Å²) in [5.74, 6) is 0.182. The zero-order chi connectivity index (χ0) is 35.0. The molecule has 0 aromatic heterocycles. The standard InChI is InChI=1S/2C23H21NO/c2*1-2-12-22(23(25)19-13-6-3-7-14-19)24(20-15-8-4-9-16-20)21-17-10-5-11-18-21/h2*2-11,13-18,22H,1,12H2/t2*22-/m11/s1. The molecule has 6 rings (SSSR count). The lowest BCUT2D eigenvalue weighted by molar-refractivity contribution is 0.0954. The van der Waals surface area contributed by atoms with Gasteiger partial charge < -0.3 is 9.80 Å². The van der Waals surface area contributed by atoms with Crippen molar-refractivity contribution < 1.29 is 9.59 Å². The van der Waals surface area contributed by atoms with E-state index in [0.717, 1.165) is 22.7 Å². The molecule has 0 bridgehead atoms. The number of benzene rings is 6. The van der Waals surface area contributed by atoms with Crippen LogP contribution >= 0.6 is 0 Å². The maximum Gasteiger partial charge on any atom is 0.185 e. The van der Waals surface area contributed by atoms with Gasteiger partial charge in [-0.25, -0.2) is 0 Å². The largest absolute Gasteiger partial charge is 0.330 e. The highest BCUT2D eigenvalue weighted by Gasteiger charge is 2.28. The Kier molecular flexibility index (Phi) is 12.9. The predicted octanol–water partition coefficient (Wildman–Crippen LogP) is 11.3. The van der Waals surface area contributed by atoms with Crippen molar-refractivity contribution >= 4 is 34.3 Å². The van der Waals surface area contributed by atoms with Crippen molar-refractivity contribution in [3.05, 3.63) is 218 Å². The monoisotopic (exact) mass is 654 g/mol. The first-order chi connectivity index (χ1) is 24.6. The number of Topliss-reactive ketones (excluding diaryl/α,β-unsaturated/α-hetero) is 2. The highest BCUT2D eigenvalue weighted by molar-refractivity contribution is 6.04. The zero-order valence-electron chi connectivity index (χ0n) is 28.2. The Labute approximate surface area is 296 Å². The van der Waals surface area contributed by atoms with Crippen LogP contribution in [0.2, 0.25) is 0 Å². The Morgan fingerprint density at radius 1 is 0.400 bits per heavy atom. The summed E-state index contributed by atoms with van der Waals surface area (Å²) in [4.78, 5) is 30.7. The first kappa shape index (κ1) is 35.1. The van der Waals surface area contributed by atoms with Crippen LogP contribution < -0.4 is 9.80 Å². The SMILES string of the molecule is C=CC[C@H](C(=O)c1ccccc1)N(c1ccccc1)c1ccccc1.C=CC[C@H](C(=O)c1ccccc1)N(c1ccccc1)c1ccccc1. The van der Waals surface area contributed by atoms with Crippen molar-refractivity contribution in [3.63, 3.8) is 0 Å². The second-order valence-corrected chi connectivity index (χ2v) is 11.6. The van der Waals surface area contributed by atoms with Crippen LogP contribution in [0.25, 0.3) is 0 Å². The van der Waals surface area contributed by atoms with Crippen molar-refractivity contribution in [2.75, 3.05) is 9.80 Å². The summed E-state index contributed by atoms with van der Waals surface area (Å²) in [5, 5.41) is 0. The third kappa shape index (κ3) is 9.00. The Hall–Kier alpha value is -6.26. The van der Waals surface area contributed by atoms with Crippen LogP contribution in [0.1, 0.15) is 33.6 Å². The van der Waals surface area contributed by atoms with E-state index in [2.05, 4.69) is 23.0 Å². The van der Waals surface area contributed by atoms with Gasteiger partial charge in [0.25, 0.3) is 0 Å². The lowest BCUT2D eigenvalue weighted by Gasteiger charge is -2.32. The second kappa shape index (κ2) is 18.3. The lowest BCUT2D eigenvalue weighted by Crippen LogP contribution is -2.38. The first-order valence-corrected chi connectivity index (χ1v) is 16.8. The molecule has 6 aromatic rings. The molecule has 4 heteroatoms. The van der Waals surface area contributed by atoms with Gasteiger partial charge in [-0.15, -0.1) is 13.2 Å². The summed E-state index contributed by atoms with van der Waals surface area (Å²) in [7, 11) is 0. The molecule has 50 heavy (non-hydrogen) atoms. The molecule has 0 radical (unpaired) electrons. The van der Waals surface area contributed by atoms with Gasteiger partial charge in [-0.05, 0) is 61.4 Å². The highest BCUT2D eigenvalue weighted by atomic mass is 16.1. The van der Waals surface area contributed by atoms with E-state index in [4.69, 9.17) is 0 Å². The number of rotatable bonds is 14. The van der Waals surface area contributed by atoms with Crippen LogP contribution in [0.5, 0.6) is 0 Å². The van der Waals surface area contributed by atoms with Gasteiger partial charge in [-0.2, -0.15) is 0 Å². The number of ketones is 2. The molecule has 0 unspecified atom stereocenters. The fourth-order valence-corrected chi connectivity index (χ4v) is 5.94. The van der Waals surface area contributed by atoms with E-state index in [-0.39, 0.29) is 23.7 Å². The van der Waals surface area contributed by atoms with Gasteiger partial charge in [0.05, 0.1) is 0 Å². The van der Waals surface area contributed by atoms with Crippen LogP contribution in [-0.4, -0.2) is 23.7 Å². The highest BCUT2D eigenvalue weighted by Crippen LogP contribution is 2.32. The van der Waals surface area contributed by atoms with E-state index in [9.17, 15) is 9.59 Å². The summed E-state index contributed by atoms with van der Waals surface area (Å²) in [6, 6.07) is 58.3. The van der Waals surface area contributed by atoms with Crippen LogP contribution in [0.3, 0.4) is 0 Å². The second-order valence-electron chi connectivity index (χ2n) is 11.6. The third-order valence-corrected chi connectivity index (χ3v) is 8.26. The molecule has 4 nitrogen and oxygen atoms in total. The molecule has 0 spiro atoms. The predicted molar refractivity (Wildman–Crippen MR) is 209 cm³/mol. The smallest absolute Gasteiger partial charge is 0.185 e. The maximum absolute atomic E-state index is 13.2. The molecular formula is C46H42N2O2. The Bertz CT molecular complexity index is 1690.